The predicted octanol–water partition coefficient (Wildman–Crippen LogP) is 4.86. The summed E-state index contributed by atoms with van der Waals surface area (Å²) in [6.07, 6.45) is -4.26. The summed E-state index contributed by atoms with van der Waals surface area (Å²) in [7, 11) is 1.56. The Morgan fingerprint density at radius 2 is 2.00 bits per heavy atom. The average Bonchev–Trinajstić information content (AvgIpc) is 3.35. The molecule has 2 heterocycles. The lowest BCUT2D eigenvalue weighted by Crippen LogP contribution is -2.25. The molecule has 0 atom stereocenters. The molecule has 11 heteroatoms. The van der Waals surface area contributed by atoms with Gasteiger partial charge in [0.1, 0.15) is 23.9 Å². The fraction of sp³-hybridized carbons (Fsp3) is 0.333. The number of halogens is 4. The third kappa shape index (κ3) is 5.76. The molecule has 3 rings (SSSR count). The number of benzene rings is 1. The first-order valence-electron chi connectivity index (χ1n) is 9.63. The summed E-state index contributed by atoms with van der Waals surface area (Å²) in [5, 5.41) is 5.76. The van der Waals surface area contributed by atoms with Gasteiger partial charge in [0.25, 0.3) is 5.91 Å². The molecule has 0 saturated heterocycles. The number of carbonyl (C=O) groups excluding carboxylic acids is 1. The highest BCUT2D eigenvalue weighted by Gasteiger charge is 2.38. The van der Waals surface area contributed by atoms with Gasteiger partial charge in [-0.1, -0.05) is 17.7 Å². The molecule has 1 amide bonds. The number of nitrogens with zero attached hydrogens (tertiary/aromatic N) is 2. The summed E-state index contributed by atoms with van der Waals surface area (Å²) in [4.78, 5) is 12.2. The minimum absolute atomic E-state index is 0.104. The highest BCUT2D eigenvalue weighted by Crippen LogP contribution is 2.35. The van der Waals surface area contributed by atoms with Crippen molar-refractivity contribution in [1.82, 2.24) is 15.1 Å². The Balaban J connectivity index is 1.46. The van der Waals surface area contributed by atoms with Crippen molar-refractivity contribution in [3.8, 4) is 11.5 Å². The molecule has 3 aromatic rings. The summed E-state index contributed by atoms with van der Waals surface area (Å²) in [6, 6.07) is 10.2. The van der Waals surface area contributed by atoms with E-state index in [9.17, 15) is 18.0 Å². The molecule has 0 fully saturated rings. The van der Waals surface area contributed by atoms with Crippen LogP contribution in [0.15, 0.2) is 40.8 Å². The number of alkyl halides is 3. The molecule has 1 aromatic carbocycles. The predicted molar refractivity (Wildman–Crippen MR) is 110 cm³/mol. The number of amides is 1. The molecule has 0 spiro atoms. The van der Waals surface area contributed by atoms with E-state index >= 15 is 0 Å². The number of rotatable bonds is 9. The van der Waals surface area contributed by atoms with E-state index < -0.39 is 22.8 Å². The lowest BCUT2D eigenvalue weighted by Gasteiger charge is -2.07. The molecule has 0 radical (unpaired) electrons. The monoisotopic (exact) mass is 471 g/mol. The van der Waals surface area contributed by atoms with Gasteiger partial charge in [-0.05, 0) is 37.6 Å². The molecule has 0 saturated carbocycles. The molecule has 0 unspecified atom stereocenters. The maximum absolute atomic E-state index is 12.9. The standard InChI is InChI=1S/C21H21ClF3N3O4/c1-13-18(22)19(21(23,24)25)27-28(13)10-4-9-26-20(29)17-8-7-16(32-17)12-31-15-6-3-5-14(11-15)30-2/h3,5-8,11H,4,9-10,12H2,1-2H3,(H,26,29). The van der Waals surface area contributed by atoms with Crippen LogP contribution < -0.4 is 14.8 Å². The van der Waals surface area contributed by atoms with E-state index in [2.05, 4.69) is 10.4 Å². The second-order valence-corrected chi connectivity index (χ2v) is 7.19. The normalized spacial score (nSPS) is 11.4. The van der Waals surface area contributed by atoms with Crippen LogP contribution in [0.1, 0.15) is 34.1 Å². The summed E-state index contributed by atoms with van der Waals surface area (Å²) in [6.45, 7) is 1.97. The van der Waals surface area contributed by atoms with Gasteiger partial charge in [0.15, 0.2) is 11.5 Å². The fourth-order valence-electron chi connectivity index (χ4n) is 2.86. The van der Waals surface area contributed by atoms with Crippen LogP contribution >= 0.6 is 11.6 Å². The van der Waals surface area contributed by atoms with Crippen molar-refractivity contribution >= 4 is 17.5 Å². The number of hydrogen-bond acceptors (Lipinski definition) is 5. The van der Waals surface area contributed by atoms with Crippen LogP contribution in [-0.4, -0.2) is 29.3 Å². The van der Waals surface area contributed by atoms with Crippen LogP contribution in [0.4, 0.5) is 13.2 Å². The number of ether oxygens (including phenoxy) is 2. The average molecular weight is 472 g/mol. The third-order valence-corrected chi connectivity index (χ3v) is 4.99. The van der Waals surface area contributed by atoms with Crippen molar-refractivity contribution in [1.29, 1.82) is 0 Å². The first kappa shape index (κ1) is 23.5. The summed E-state index contributed by atoms with van der Waals surface area (Å²) < 4.78 is 56.0. The van der Waals surface area contributed by atoms with Crippen molar-refractivity contribution in [2.75, 3.05) is 13.7 Å². The summed E-state index contributed by atoms with van der Waals surface area (Å²) in [5.41, 5.74) is -0.892. The first-order chi connectivity index (χ1) is 15.2. The molecule has 32 heavy (non-hydrogen) atoms. The third-order valence-electron chi connectivity index (χ3n) is 4.54. The molecule has 2 aromatic heterocycles. The van der Waals surface area contributed by atoms with Gasteiger partial charge in [-0.15, -0.1) is 0 Å². The van der Waals surface area contributed by atoms with E-state index in [1.165, 1.54) is 17.7 Å². The number of nitrogens with one attached hydrogen (secondary N) is 1. The molecule has 0 aliphatic carbocycles. The van der Waals surface area contributed by atoms with Crippen molar-refractivity contribution < 1.29 is 31.9 Å². The Hall–Kier alpha value is -3.14. The van der Waals surface area contributed by atoms with Gasteiger partial charge in [-0.3, -0.25) is 9.48 Å². The lowest BCUT2D eigenvalue weighted by molar-refractivity contribution is -0.141. The zero-order valence-electron chi connectivity index (χ0n) is 17.3. The zero-order valence-corrected chi connectivity index (χ0v) is 18.1. The summed E-state index contributed by atoms with van der Waals surface area (Å²) >= 11 is 5.72. The minimum atomic E-state index is -4.62. The SMILES string of the molecule is COc1cccc(OCc2ccc(C(=O)NCCCn3nc(C(F)(F)F)c(Cl)c3C)o2)c1. The van der Waals surface area contributed by atoms with E-state index in [1.807, 2.05) is 0 Å². The second kappa shape index (κ2) is 9.99. The van der Waals surface area contributed by atoms with E-state index in [4.69, 9.17) is 25.5 Å². The Kier molecular flexibility index (Phi) is 7.34. The van der Waals surface area contributed by atoms with E-state index in [0.29, 0.717) is 23.7 Å². The fourth-order valence-corrected chi connectivity index (χ4v) is 3.11. The van der Waals surface area contributed by atoms with Crippen LogP contribution in [0.5, 0.6) is 11.5 Å². The molecule has 0 aliphatic rings. The van der Waals surface area contributed by atoms with Crippen molar-refractivity contribution in [2.24, 2.45) is 0 Å². The van der Waals surface area contributed by atoms with Crippen molar-refractivity contribution in [3.63, 3.8) is 0 Å². The quantitative estimate of drug-likeness (QED) is 0.451. The van der Waals surface area contributed by atoms with Crippen LogP contribution in [0.2, 0.25) is 5.02 Å². The highest BCUT2D eigenvalue weighted by atomic mass is 35.5. The second-order valence-electron chi connectivity index (χ2n) is 6.81. The van der Waals surface area contributed by atoms with Crippen LogP contribution in [0, 0.1) is 6.92 Å². The maximum Gasteiger partial charge on any atom is 0.436 e. The van der Waals surface area contributed by atoms with Gasteiger partial charge in [0, 0.05) is 19.2 Å². The molecular weight excluding hydrogens is 451 g/mol. The number of aryl methyl sites for hydroxylation is 1. The van der Waals surface area contributed by atoms with Gasteiger partial charge in [-0.2, -0.15) is 18.3 Å². The molecule has 1 N–H and O–H groups in total. The van der Waals surface area contributed by atoms with Gasteiger partial charge in [0.05, 0.1) is 17.8 Å². The van der Waals surface area contributed by atoms with Crippen molar-refractivity contribution in [3.05, 3.63) is 64.3 Å². The topological polar surface area (TPSA) is 78.5 Å². The van der Waals surface area contributed by atoms with Gasteiger partial charge < -0.3 is 19.2 Å². The summed E-state index contributed by atoms with van der Waals surface area (Å²) in [5.74, 6) is 1.37. The number of aromatic nitrogens is 2. The Labute approximate surface area is 187 Å². The number of furan rings is 1. The Bertz CT molecular complexity index is 1080. The molecule has 0 aliphatic heterocycles. The van der Waals surface area contributed by atoms with Crippen LogP contribution in [0.3, 0.4) is 0 Å². The first-order valence-corrected chi connectivity index (χ1v) is 10.0. The molecule has 7 nitrogen and oxygen atoms in total. The van der Waals surface area contributed by atoms with E-state index in [-0.39, 0.29) is 31.2 Å². The van der Waals surface area contributed by atoms with Crippen LogP contribution in [0.25, 0.3) is 0 Å². The molecule has 172 valence electrons. The largest absolute Gasteiger partial charge is 0.497 e. The van der Waals surface area contributed by atoms with E-state index in [0.717, 1.165) is 0 Å². The van der Waals surface area contributed by atoms with E-state index in [1.54, 1.807) is 37.4 Å². The Morgan fingerprint density at radius 3 is 2.69 bits per heavy atom. The van der Waals surface area contributed by atoms with Gasteiger partial charge >= 0.3 is 6.18 Å². The molecule has 0 bridgehead atoms. The number of methoxy groups -OCH3 is 1. The maximum atomic E-state index is 12.9. The van der Waals surface area contributed by atoms with Crippen molar-refractivity contribution in [2.45, 2.75) is 32.7 Å². The number of hydrogen-bond donors (Lipinski definition) is 1. The smallest absolute Gasteiger partial charge is 0.436 e. The van der Waals surface area contributed by atoms with Gasteiger partial charge in [0.2, 0.25) is 0 Å². The van der Waals surface area contributed by atoms with Crippen LogP contribution in [-0.2, 0) is 19.3 Å². The highest BCUT2D eigenvalue weighted by molar-refractivity contribution is 6.31. The molecular formula is C21H21ClF3N3O4. The Morgan fingerprint density at radius 1 is 1.25 bits per heavy atom. The van der Waals surface area contributed by atoms with Gasteiger partial charge in [-0.25, -0.2) is 0 Å². The minimum Gasteiger partial charge on any atom is -0.497 e. The zero-order chi connectivity index (χ0) is 23.3. The number of carbonyl (C=O) groups is 1. The lowest BCUT2D eigenvalue weighted by atomic mass is 10.3.